The van der Waals surface area contributed by atoms with Crippen LogP contribution >= 0.6 is 31.5 Å². The van der Waals surface area contributed by atoms with E-state index in [1.165, 1.54) is 41.5 Å². The van der Waals surface area contributed by atoms with E-state index in [9.17, 15) is 14.9 Å². The fourth-order valence-electron chi connectivity index (χ4n) is 8.54. The minimum atomic E-state index is -0.375. The molecule has 0 atom stereocenters. The van der Waals surface area contributed by atoms with Gasteiger partial charge in [0.15, 0.2) is 0 Å². The number of allylic oxidation sites excluding steroid dienone is 1. The second kappa shape index (κ2) is 18.6. The van der Waals surface area contributed by atoms with Crippen LogP contribution in [-0.2, 0) is 0 Å². The number of hydrogen-bond acceptors (Lipinski definition) is 9. The molecule has 2 aromatic heterocycles. The number of rotatable bonds is 13. The highest BCUT2D eigenvalue weighted by Gasteiger charge is 2.30. The molecule has 14 heteroatoms. The predicted octanol–water partition coefficient (Wildman–Crippen LogP) is 11.1. The summed E-state index contributed by atoms with van der Waals surface area (Å²) < 4.78 is 9.36. The molecule has 2 fully saturated rings. The molecule has 60 heavy (non-hydrogen) atoms. The number of aromatic amines is 1. The number of anilines is 2. The molecule has 0 radical (unpaired) electrons. The van der Waals surface area contributed by atoms with Gasteiger partial charge in [-0.25, -0.2) is 4.98 Å². The SMILES string of the molecule is CP1CCC(CNc2ccc(SNC(=O)c3ccc(N4CCN(CC5=C(c6ccc(Cl)cc6)CC(C)(C)CC5)CC4)cc3Oc3cnc4[nH]ccc4c3)cc2[N+](=O)[O-])CC1. The molecule has 3 N–H and O–H groups in total. The Labute approximate surface area is 362 Å². The number of H-pyrrole nitrogens is 1. The molecule has 0 bridgehead atoms. The van der Waals surface area contributed by atoms with Crippen LogP contribution < -0.4 is 19.7 Å². The Hall–Kier alpha value is -4.61. The van der Waals surface area contributed by atoms with Crippen molar-refractivity contribution in [1.29, 1.82) is 0 Å². The minimum Gasteiger partial charge on any atom is -0.455 e. The van der Waals surface area contributed by atoms with Gasteiger partial charge in [-0.1, -0.05) is 43.2 Å². The lowest BCUT2D eigenvalue weighted by Gasteiger charge is -2.39. The summed E-state index contributed by atoms with van der Waals surface area (Å²) in [7, 11) is 0.137. The second-order valence-electron chi connectivity index (χ2n) is 17.2. The number of hydrogen-bond donors (Lipinski definition) is 3. The fraction of sp³-hybridized carbons (Fsp3) is 0.391. The number of carbonyl (C=O) groups is 1. The highest BCUT2D eigenvalue weighted by atomic mass is 35.5. The molecule has 0 spiro atoms. The number of piperazine rings is 1. The molecule has 0 saturated carbocycles. The van der Waals surface area contributed by atoms with Crippen molar-refractivity contribution in [3.8, 4) is 11.5 Å². The van der Waals surface area contributed by atoms with Crippen molar-refractivity contribution < 1.29 is 14.5 Å². The standard InChI is InChI=1S/C46H53ClN7O4PS/c1-46(2)16-12-34(40(27-46)32-4-6-35(47)7-5-32)30-52-18-20-53(21-19-52)36-8-10-39(43(25-36)58-37-24-33-13-17-48-44(33)50-29-37)45(55)51-60-38-9-11-41(42(26-38)54(56)57)49-28-31-14-22-59(3)23-15-31/h4-11,13,17,24-26,29,31,49H,12,14-16,18-23,27-28,30H2,1-3H3,(H,48,50)(H,51,55). The van der Waals surface area contributed by atoms with Crippen molar-refractivity contribution >= 4 is 71.0 Å². The van der Waals surface area contributed by atoms with Crippen molar-refractivity contribution in [2.75, 3.05) is 68.5 Å². The number of nitro benzene ring substituents is 1. The van der Waals surface area contributed by atoms with E-state index < -0.39 is 0 Å². The van der Waals surface area contributed by atoms with E-state index >= 15 is 0 Å². The van der Waals surface area contributed by atoms with Gasteiger partial charge in [0.05, 0.1) is 16.7 Å². The Bertz CT molecular complexity index is 2370. The van der Waals surface area contributed by atoms with Gasteiger partial charge in [-0.3, -0.25) is 24.5 Å². The maximum absolute atomic E-state index is 13.9. The van der Waals surface area contributed by atoms with E-state index in [0.717, 1.165) is 98.6 Å². The van der Waals surface area contributed by atoms with Crippen molar-refractivity contribution in [3.63, 3.8) is 0 Å². The van der Waals surface area contributed by atoms with Crippen LogP contribution in [0.15, 0.2) is 95.7 Å². The summed E-state index contributed by atoms with van der Waals surface area (Å²) in [5, 5.41) is 17.1. The third kappa shape index (κ3) is 10.3. The number of nitrogens with zero attached hydrogens (tertiary/aromatic N) is 4. The molecular weight excluding hydrogens is 813 g/mol. The summed E-state index contributed by atoms with van der Waals surface area (Å²) in [6.07, 6.45) is 11.6. The number of aromatic nitrogens is 2. The van der Waals surface area contributed by atoms with Gasteiger partial charge in [0.25, 0.3) is 11.6 Å². The van der Waals surface area contributed by atoms with Crippen LogP contribution in [0.3, 0.4) is 0 Å². The fourth-order valence-corrected chi connectivity index (χ4v) is 11.1. The Kier molecular flexibility index (Phi) is 13.0. The summed E-state index contributed by atoms with van der Waals surface area (Å²) in [5.74, 6) is 1.06. The van der Waals surface area contributed by atoms with E-state index in [-0.39, 0.29) is 29.9 Å². The van der Waals surface area contributed by atoms with Gasteiger partial charge < -0.3 is 19.9 Å². The molecule has 0 unspecified atom stereocenters. The van der Waals surface area contributed by atoms with Gasteiger partial charge in [0.1, 0.15) is 22.8 Å². The normalized spacial score (nSPS) is 19.6. The summed E-state index contributed by atoms with van der Waals surface area (Å²) in [6, 6.07) is 22.9. The number of nitro groups is 1. The molecule has 11 nitrogen and oxygen atoms in total. The maximum atomic E-state index is 13.9. The quantitative estimate of drug-likeness (QED) is 0.0458. The molecule has 3 aliphatic rings. The zero-order valence-electron chi connectivity index (χ0n) is 34.5. The first-order valence-electron chi connectivity index (χ1n) is 20.8. The topological polar surface area (TPSA) is 129 Å². The molecule has 1 amide bonds. The van der Waals surface area contributed by atoms with E-state index in [0.29, 0.717) is 33.6 Å². The molecule has 4 heterocycles. The number of benzene rings is 3. The van der Waals surface area contributed by atoms with Crippen molar-refractivity contribution in [2.24, 2.45) is 11.3 Å². The minimum absolute atomic E-state index is 0.00895. The lowest BCUT2D eigenvalue weighted by atomic mass is 9.72. The van der Waals surface area contributed by atoms with Crippen LogP contribution in [-0.4, -0.2) is 84.0 Å². The zero-order chi connectivity index (χ0) is 41.8. The average molecular weight is 866 g/mol. The first-order chi connectivity index (χ1) is 29.0. The summed E-state index contributed by atoms with van der Waals surface area (Å²) in [5.41, 5.74) is 7.06. The molecule has 8 rings (SSSR count). The number of amides is 1. The molecule has 1 aliphatic carbocycles. The third-order valence-corrected chi connectivity index (χ3v) is 15.3. The Morgan fingerprint density at radius 3 is 2.60 bits per heavy atom. The van der Waals surface area contributed by atoms with Crippen LogP contribution in [0.4, 0.5) is 17.1 Å². The van der Waals surface area contributed by atoms with Gasteiger partial charge in [0.2, 0.25) is 0 Å². The van der Waals surface area contributed by atoms with Crippen molar-refractivity contribution in [3.05, 3.63) is 117 Å². The second-order valence-corrected chi connectivity index (χ2v) is 21.1. The number of halogens is 1. The highest BCUT2D eigenvalue weighted by molar-refractivity contribution is 7.98. The number of nitrogens with one attached hydrogen (secondary N) is 3. The summed E-state index contributed by atoms with van der Waals surface area (Å²) in [4.78, 5) is 38.7. The van der Waals surface area contributed by atoms with Crippen LogP contribution in [0.25, 0.3) is 16.6 Å². The highest BCUT2D eigenvalue weighted by Crippen LogP contribution is 2.44. The van der Waals surface area contributed by atoms with Gasteiger partial charge >= 0.3 is 0 Å². The van der Waals surface area contributed by atoms with Crippen LogP contribution in [0.2, 0.25) is 5.02 Å². The van der Waals surface area contributed by atoms with Crippen LogP contribution in [0.1, 0.15) is 61.9 Å². The lowest BCUT2D eigenvalue weighted by molar-refractivity contribution is -0.384. The molecule has 2 aliphatic heterocycles. The first-order valence-corrected chi connectivity index (χ1v) is 24.2. The number of ether oxygens (including phenoxy) is 1. The number of pyridine rings is 1. The summed E-state index contributed by atoms with van der Waals surface area (Å²) in [6.45, 7) is 12.2. The third-order valence-electron chi connectivity index (χ3n) is 12.2. The maximum Gasteiger partial charge on any atom is 0.293 e. The Morgan fingerprint density at radius 2 is 1.83 bits per heavy atom. The number of fused-ring (bicyclic) bond motifs is 1. The van der Waals surface area contributed by atoms with Gasteiger partial charge in [-0.2, -0.15) is 0 Å². The first kappa shape index (κ1) is 42.1. The van der Waals surface area contributed by atoms with Gasteiger partial charge in [0, 0.05) is 78.6 Å². The summed E-state index contributed by atoms with van der Waals surface area (Å²) >= 11 is 7.30. The number of carbonyl (C=O) groups excluding carboxylic acids is 1. The smallest absolute Gasteiger partial charge is 0.293 e. The zero-order valence-corrected chi connectivity index (χ0v) is 37.0. The average Bonchev–Trinajstić information content (AvgIpc) is 3.72. The van der Waals surface area contributed by atoms with E-state index in [1.807, 2.05) is 42.6 Å². The lowest BCUT2D eigenvalue weighted by Crippen LogP contribution is -2.47. The molecule has 3 aromatic carbocycles. The van der Waals surface area contributed by atoms with Crippen LogP contribution in [0, 0.1) is 21.4 Å². The largest absolute Gasteiger partial charge is 0.455 e. The molecule has 2 saturated heterocycles. The monoisotopic (exact) mass is 865 g/mol. The predicted molar refractivity (Wildman–Crippen MR) is 247 cm³/mol. The van der Waals surface area contributed by atoms with Crippen molar-refractivity contribution in [2.45, 2.75) is 50.8 Å². The Balaban J connectivity index is 0.961. The molecular formula is C46H53ClN7O4PS. The van der Waals surface area contributed by atoms with Crippen LogP contribution in [0.5, 0.6) is 11.5 Å². The van der Waals surface area contributed by atoms with Gasteiger partial charge in [-0.05, 0) is 134 Å². The van der Waals surface area contributed by atoms with Gasteiger partial charge in [-0.15, -0.1) is 7.92 Å². The van der Waals surface area contributed by atoms with E-state index in [4.69, 9.17) is 16.3 Å². The molecule has 314 valence electrons. The van der Waals surface area contributed by atoms with E-state index in [1.54, 1.807) is 24.4 Å². The van der Waals surface area contributed by atoms with E-state index in [2.05, 4.69) is 62.5 Å². The molecule has 5 aromatic rings. The Morgan fingerprint density at radius 1 is 1.05 bits per heavy atom. The van der Waals surface area contributed by atoms with Crippen molar-refractivity contribution in [1.82, 2.24) is 19.6 Å².